The topological polar surface area (TPSA) is 46.9 Å². The largest absolute Gasteiger partial charge is 0.325 e. The summed E-state index contributed by atoms with van der Waals surface area (Å²) in [4.78, 5) is 16.7. The fourth-order valence-electron chi connectivity index (χ4n) is 2.59. The van der Waals surface area contributed by atoms with Gasteiger partial charge in [0.1, 0.15) is 0 Å². The Balaban J connectivity index is 1.70. The lowest BCUT2D eigenvalue weighted by Gasteiger charge is -2.10. The number of aromatic nitrogens is 2. The van der Waals surface area contributed by atoms with E-state index < -0.39 is 0 Å². The molecule has 27 heavy (non-hydrogen) atoms. The molecule has 0 spiro atoms. The monoisotopic (exact) mass is 397 g/mol. The summed E-state index contributed by atoms with van der Waals surface area (Å²) in [6, 6.07) is 15.4. The van der Waals surface area contributed by atoms with Crippen LogP contribution in [0.25, 0.3) is 11.3 Å². The fraction of sp³-hybridized carbons (Fsp3) is 0.143. The summed E-state index contributed by atoms with van der Waals surface area (Å²) in [5.74, 6) is 0.178. The van der Waals surface area contributed by atoms with Gasteiger partial charge in [-0.2, -0.15) is 0 Å². The maximum absolute atomic E-state index is 12.2. The second kappa shape index (κ2) is 8.93. The van der Waals surface area contributed by atoms with Crippen LogP contribution in [0.2, 0.25) is 5.02 Å². The van der Waals surface area contributed by atoms with Crippen molar-refractivity contribution in [2.75, 3.05) is 11.1 Å². The normalized spacial score (nSPS) is 10.6. The predicted molar refractivity (Wildman–Crippen MR) is 113 cm³/mol. The third kappa shape index (κ3) is 5.02. The molecule has 0 saturated carbocycles. The first-order valence-corrected chi connectivity index (χ1v) is 9.85. The minimum absolute atomic E-state index is 0.0904. The van der Waals surface area contributed by atoms with E-state index in [0.29, 0.717) is 11.6 Å². The highest BCUT2D eigenvalue weighted by molar-refractivity contribution is 7.99. The van der Waals surface area contributed by atoms with Gasteiger partial charge < -0.3 is 9.88 Å². The zero-order valence-corrected chi connectivity index (χ0v) is 16.6. The maximum Gasteiger partial charge on any atom is 0.234 e. The zero-order chi connectivity index (χ0) is 19.2. The van der Waals surface area contributed by atoms with Crippen molar-refractivity contribution in [2.24, 2.45) is 0 Å². The number of carbonyl (C=O) groups is 1. The lowest BCUT2D eigenvalue weighted by Crippen LogP contribution is -2.14. The Kier molecular flexibility index (Phi) is 6.37. The summed E-state index contributed by atoms with van der Waals surface area (Å²) in [5, 5.41) is 4.29. The van der Waals surface area contributed by atoms with Crippen molar-refractivity contribution in [2.45, 2.75) is 18.6 Å². The van der Waals surface area contributed by atoms with Gasteiger partial charge in [0, 0.05) is 17.3 Å². The third-order valence-corrected chi connectivity index (χ3v) is 5.18. The Labute approximate surface area is 168 Å². The van der Waals surface area contributed by atoms with Crippen LogP contribution >= 0.6 is 23.4 Å². The molecule has 0 aliphatic carbocycles. The minimum atomic E-state index is -0.0904. The van der Waals surface area contributed by atoms with Crippen molar-refractivity contribution in [3.63, 3.8) is 0 Å². The summed E-state index contributed by atoms with van der Waals surface area (Å²) in [5.41, 5.74) is 4.03. The number of aryl methyl sites for hydroxylation is 1. The molecule has 0 saturated heterocycles. The minimum Gasteiger partial charge on any atom is -0.325 e. The van der Waals surface area contributed by atoms with Gasteiger partial charge in [-0.25, -0.2) is 4.98 Å². The second-order valence-corrected chi connectivity index (χ2v) is 7.41. The number of hydrogen-bond acceptors (Lipinski definition) is 3. The summed E-state index contributed by atoms with van der Waals surface area (Å²) < 4.78 is 2.07. The molecule has 0 fully saturated rings. The first kappa shape index (κ1) is 19.3. The van der Waals surface area contributed by atoms with Crippen LogP contribution in [0, 0.1) is 6.92 Å². The van der Waals surface area contributed by atoms with Crippen molar-refractivity contribution in [3.05, 3.63) is 78.0 Å². The first-order chi connectivity index (χ1) is 13.1. The molecule has 6 heteroatoms. The molecule has 1 amide bonds. The van der Waals surface area contributed by atoms with Crippen LogP contribution in [0.1, 0.15) is 5.56 Å². The highest BCUT2D eigenvalue weighted by atomic mass is 35.5. The van der Waals surface area contributed by atoms with Gasteiger partial charge in [0.15, 0.2) is 5.16 Å². The Bertz CT molecular complexity index is 933. The quantitative estimate of drug-likeness (QED) is 0.427. The number of imidazole rings is 1. The number of thioether (sulfide) groups is 1. The molecular weight excluding hydrogens is 378 g/mol. The molecule has 0 aliphatic rings. The molecular formula is C21H20ClN3OS. The Morgan fingerprint density at radius 1 is 1.22 bits per heavy atom. The molecule has 1 N–H and O–H groups in total. The van der Waals surface area contributed by atoms with E-state index >= 15 is 0 Å². The number of benzene rings is 2. The van der Waals surface area contributed by atoms with E-state index in [1.54, 1.807) is 24.3 Å². The van der Waals surface area contributed by atoms with Crippen LogP contribution in [0.15, 0.2) is 72.5 Å². The number of anilines is 1. The number of halogens is 1. The number of carbonyl (C=O) groups excluding carboxylic acids is 1. The second-order valence-electron chi connectivity index (χ2n) is 6.04. The van der Waals surface area contributed by atoms with E-state index in [0.717, 1.165) is 22.1 Å². The van der Waals surface area contributed by atoms with Crippen molar-refractivity contribution in [1.82, 2.24) is 9.55 Å². The van der Waals surface area contributed by atoms with Gasteiger partial charge >= 0.3 is 0 Å². The van der Waals surface area contributed by atoms with Gasteiger partial charge in [-0.15, -0.1) is 6.58 Å². The number of hydrogen-bond donors (Lipinski definition) is 1. The smallest absolute Gasteiger partial charge is 0.234 e. The molecule has 2 aromatic carbocycles. The molecule has 3 aromatic rings. The van der Waals surface area contributed by atoms with Crippen molar-refractivity contribution in [3.8, 4) is 11.3 Å². The maximum atomic E-state index is 12.2. The van der Waals surface area contributed by atoms with Gasteiger partial charge in [-0.05, 0) is 36.8 Å². The van der Waals surface area contributed by atoms with Crippen LogP contribution in [-0.4, -0.2) is 21.2 Å². The molecule has 3 rings (SSSR count). The Hall–Kier alpha value is -2.50. The summed E-state index contributed by atoms with van der Waals surface area (Å²) >= 11 is 7.26. The summed E-state index contributed by atoms with van der Waals surface area (Å²) in [6.45, 7) is 6.53. The Morgan fingerprint density at radius 3 is 2.59 bits per heavy atom. The third-order valence-electron chi connectivity index (χ3n) is 3.94. The van der Waals surface area contributed by atoms with E-state index in [1.165, 1.54) is 17.3 Å². The van der Waals surface area contributed by atoms with Gasteiger partial charge in [0.25, 0.3) is 0 Å². The van der Waals surface area contributed by atoms with Gasteiger partial charge in [-0.3, -0.25) is 4.79 Å². The van der Waals surface area contributed by atoms with Gasteiger partial charge in [0.05, 0.1) is 17.6 Å². The lowest BCUT2D eigenvalue weighted by molar-refractivity contribution is -0.113. The fourth-order valence-corrected chi connectivity index (χ4v) is 3.51. The van der Waals surface area contributed by atoms with E-state index in [4.69, 9.17) is 11.6 Å². The van der Waals surface area contributed by atoms with Crippen molar-refractivity contribution < 1.29 is 4.79 Å². The highest BCUT2D eigenvalue weighted by Gasteiger charge is 2.13. The average molecular weight is 398 g/mol. The molecule has 0 aliphatic heterocycles. The molecule has 0 radical (unpaired) electrons. The molecule has 1 heterocycles. The number of nitrogens with zero attached hydrogens (tertiary/aromatic N) is 2. The van der Waals surface area contributed by atoms with Crippen LogP contribution in [0.5, 0.6) is 0 Å². The summed E-state index contributed by atoms with van der Waals surface area (Å²) in [7, 11) is 0. The van der Waals surface area contributed by atoms with E-state index in [9.17, 15) is 4.79 Å². The number of amides is 1. The zero-order valence-electron chi connectivity index (χ0n) is 15.0. The van der Waals surface area contributed by atoms with Crippen LogP contribution in [0.3, 0.4) is 0 Å². The van der Waals surface area contributed by atoms with E-state index in [-0.39, 0.29) is 11.7 Å². The van der Waals surface area contributed by atoms with Crippen LogP contribution < -0.4 is 5.32 Å². The SMILES string of the molecule is C=CCn1c(-c2ccc(C)cc2)cnc1SCC(=O)Nc1ccc(Cl)cc1. The molecule has 0 bridgehead atoms. The molecule has 138 valence electrons. The van der Waals surface area contributed by atoms with Crippen molar-refractivity contribution >= 4 is 35.0 Å². The van der Waals surface area contributed by atoms with Crippen LogP contribution in [0.4, 0.5) is 5.69 Å². The summed E-state index contributed by atoms with van der Waals surface area (Å²) in [6.07, 6.45) is 3.67. The number of nitrogens with one attached hydrogen (secondary N) is 1. The first-order valence-electron chi connectivity index (χ1n) is 8.48. The molecule has 0 unspecified atom stereocenters. The van der Waals surface area contributed by atoms with Crippen molar-refractivity contribution in [1.29, 1.82) is 0 Å². The predicted octanol–water partition coefficient (Wildman–Crippen LogP) is 5.43. The van der Waals surface area contributed by atoms with E-state index in [2.05, 4.69) is 52.6 Å². The average Bonchev–Trinajstić information content (AvgIpc) is 3.06. The molecule has 1 aromatic heterocycles. The van der Waals surface area contributed by atoms with Crippen LogP contribution in [-0.2, 0) is 11.3 Å². The number of rotatable bonds is 7. The highest BCUT2D eigenvalue weighted by Crippen LogP contribution is 2.26. The van der Waals surface area contributed by atoms with Gasteiger partial charge in [-0.1, -0.05) is 59.3 Å². The van der Waals surface area contributed by atoms with E-state index in [1.807, 2.05) is 12.3 Å². The number of allylic oxidation sites excluding steroid dienone is 1. The molecule has 0 atom stereocenters. The lowest BCUT2D eigenvalue weighted by atomic mass is 10.1. The van der Waals surface area contributed by atoms with Gasteiger partial charge in [0.2, 0.25) is 5.91 Å². The molecule has 4 nitrogen and oxygen atoms in total. The Morgan fingerprint density at radius 2 is 1.93 bits per heavy atom. The standard InChI is InChI=1S/C21H20ClN3OS/c1-3-12-25-19(16-6-4-15(2)5-7-16)13-23-21(25)27-14-20(26)24-18-10-8-17(22)9-11-18/h3-11,13H,1,12,14H2,2H3,(H,24,26).